The van der Waals surface area contributed by atoms with E-state index in [2.05, 4.69) is 29.9 Å². The Morgan fingerprint density at radius 3 is 2.48 bits per heavy atom. The summed E-state index contributed by atoms with van der Waals surface area (Å²) >= 11 is 0. The van der Waals surface area contributed by atoms with Crippen LogP contribution in [-0.2, 0) is 19.1 Å². The Labute approximate surface area is 197 Å². The Morgan fingerprint density at radius 2 is 1.79 bits per heavy atom. The van der Waals surface area contributed by atoms with Gasteiger partial charge in [-0.25, -0.2) is 0 Å². The van der Waals surface area contributed by atoms with Crippen LogP contribution in [-0.4, -0.2) is 35.1 Å². The molecule has 2 fully saturated rings. The lowest BCUT2D eigenvalue weighted by Gasteiger charge is -2.58. The van der Waals surface area contributed by atoms with Crippen LogP contribution in [0.4, 0.5) is 0 Å². The molecule has 0 N–H and O–H groups in total. The molecule has 6 heteroatoms. The van der Waals surface area contributed by atoms with Crippen molar-refractivity contribution in [3.05, 3.63) is 30.4 Å². The Hall–Kier alpha value is -2.24. The molecule has 180 valence electrons. The van der Waals surface area contributed by atoms with Gasteiger partial charge in [0.15, 0.2) is 0 Å². The van der Waals surface area contributed by atoms with Crippen molar-refractivity contribution in [3.63, 3.8) is 0 Å². The van der Waals surface area contributed by atoms with Gasteiger partial charge in [0, 0.05) is 18.8 Å². The first kappa shape index (κ1) is 23.9. The number of hydrogen-bond donors (Lipinski definition) is 0. The number of esters is 2. The predicted molar refractivity (Wildman–Crippen MR) is 126 cm³/mol. The molecular formula is C27H38N2O4. The summed E-state index contributed by atoms with van der Waals surface area (Å²) in [7, 11) is 0. The first-order valence-electron chi connectivity index (χ1n) is 12.6. The molecule has 2 saturated carbocycles. The lowest BCUT2D eigenvalue weighted by molar-refractivity contribution is -0.159. The van der Waals surface area contributed by atoms with Crippen molar-refractivity contribution in [1.82, 2.24) is 9.97 Å². The van der Waals surface area contributed by atoms with E-state index in [1.807, 2.05) is 20.0 Å². The minimum atomic E-state index is -0.265. The maximum Gasteiger partial charge on any atom is 0.306 e. The summed E-state index contributed by atoms with van der Waals surface area (Å²) in [5, 5.41) is 0. The number of aromatic nitrogens is 2. The Bertz CT molecular complexity index is 901. The Balaban J connectivity index is 1.61. The molecule has 0 radical (unpaired) electrons. The SMILES string of the molecule is CCOC(=O)CC1CCC2C3CC=C(c4cnccn4)C3(C)CCC2C1(C)CC(=O)OCC. The molecule has 6 unspecified atom stereocenters. The van der Waals surface area contributed by atoms with Crippen LogP contribution in [0, 0.1) is 34.5 Å². The minimum absolute atomic E-state index is 0.0794. The summed E-state index contributed by atoms with van der Waals surface area (Å²) in [6.45, 7) is 9.11. The maximum atomic E-state index is 12.7. The van der Waals surface area contributed by atoms with E-state index in [1.165, 1.54) is 5.57 Å². The fourth-order valence-corrected chi connectivity index (χ4v) is 7.49. The number of carbonyl (C=O) groups is 2. The molecule has 1 heterocycles. The quantitative estimate of drug-likeness (QED) is 0.525. The number of carbonyl (C=O) groups excluding carboxylic acids is 2. The Kier molecular flexibility index (Phi) is 6.92. The zero-order chi connectivity index (χ0) is 23.6. The van der Waals surface area contributed by atoms with Gasteiger partial charge in [0.25, 0.3) is 0 Å². The van der Waals surface area contributed by atoms with E-state index in [0.29, 0.717) is 43.8 Å². The number of allylic oxidation sites excluding steroid dienone is 2. The van der Waals surface area contributed by atoms with Crippen LogP contribution in [0.15, 0.2) is 24.7 Å². The zero-order valence-electron chi connectivity index (χ0n) is 20.5. The third kappa shape index (κ3) is 4.33. The van der Waals surface area contributed by atoms with Crippen LogP contribution in [0.3, 0.4) is 0 Å². The van der Waals surface area contributed by atoms with Crippen molar-refractivity contribution >= 4 is 17.5 Å². The van der Waals surface area contributed by atoms with Crippen LogP contribution in [0.5, 0.6) is 0 Å². The second kappa shape index (κ2) is 9.55. The van der Waals surface area contributed by atoms with Crippen LogP contribution >= 0.6 is 0 Å². The molecule has 33 heavy (non-hydrogen) atoms. The Morgan fingerprint density at radius 1 is 1.03 bits per heavy atom. The van der Waals surface area contributed by atoms with Crippen molar-refractivity contribution in [2.45, 2.75) is 72.6 Å². The van der Waals surface area contributed by atoms with Gasteiger partial charge in [-0.2, -0.15) is 0 Å². The van der Waals surface area contributed by atoms with Gasteiger partial charge in [-0.15, -0.1) is 0 Å². The molecule has 0 saturated heterocycles. The lowest BCUT2D eigenvalue weighted by Crippen LogP contribution is -2.52. The van der Waals surface area contributed by atoms with Gasteiger partial charge in [0.1, 0.15) is 0 Å². The second-order valence-corrected chi connectivity index (χ2v) is 10.5. The van der Waals surface area contributed by atoms with Gasteiger partial charge in [0.05, 0.1) is 31.5 Å². The summed E-state index contributed by atoms with van der Waals surface area (Å²) < 4.78 is 10.7. The summed E-state index contributed by atoms with van der Waals surface area (Å²) in [6.07, 6.45) is 13.7. The van der Waals surface area contributed by atoms with Gasteiger partial charge in [-0.1, -0.05) is 19.9 Å². The fourth-order valence-electron chi connectivity index (χ4n) is 7.49. The summed E-state index contributed by atoms with van der Waals surface area (Å²) in [6, 6.07) is 0. The average Bonchev–Trinajstić information content (AvgIpc) is 3.14. The number of ether oxygens (including phenoxy) is 2. The average molecular weight is 455 g/mol. The van der Waals surface area contributed by atoms with Crippen molar-refractivity contribution in [3.8, 4) is 0 Å². The fraction of sp³-hybridized carbons (Fsp3) is 0.704. The van der Waals surface area contributed by atoms with Crippen LogP contribution < -0.4 is 0 Å². The smallest absolute Gasteiger partial charge is 0.306 e. The molecule has 4 rings (SSSR count). The van der Waals surface area contributed by atoms with E-state index in [-0.39, 0.29) is 28.7 Å². The zero-order valence-corrected chi connectivity index (χ0v) is 20.5. The van der Waals surface area contributed by atoms with Crippen molar-refractivity contribution < 1.29 is 19.1 Å². The van der Waals surface area contributed by atoms with Gasteiger partial charge in [0.2, 0.25) is 0 Å². The van der Waals surface area contributed by atoms with Crippen LogP contribution in [0.1, 0.15) is 78.3 Å². The highest BCUT2D eigenvalue weighted by molar-refractivity contribution is 5.72. The first-order chi connectivity index (χ1) is 15.8. The molecule has 1 aromatic heterocycles. The van der Waals surface area contributed by atoms with E-state index in [1.54, 1.807) is 12.4 Å². The van der Waals surface area contributed by atoms with Gasteiger partial charge >= 0.3 is 11.9 Å². The number of nitrogens with zero attached hydrogens (tertiary/aromatic N) is 2. The summed E-state index contributed by atoms with van der Waals surface area (Å²) in [5.41, 5.74) is 2.14. The molecule has 0 aromatic carbocycles. The topological polar surface area (TPSA) is 78.4 Å². The standard InChI is InChI=1S/C27H38N2O4/c1-5-32-24(30)15-18-7-8-19-20-9-10-22(23-17-28-13-14-29-23)26(20,3)12-11-21(19)27(18,4)16-25(31)33-6-2/h10,13-14,17-21H,5-9,11-12,15-16H2,1-4H3. The normalized spacial score (nSPS) is 35.2. The molecule has 0 bridgehead atoms. The molecule has 1 aromatic rings. The van der Waals surface area contributed by atoms with Gasteiger partial charge < -0.3 is 9.47 Å². The largest absolute Gasteiger partial charge is 0.466 e. The van der Waals surface area contributed by atoms with E-state index >= 15 is 0 Å². The van der Waals surface area contributed by atoms with Crippen molar-refractivity contribution in [1.29, 1.82) is 0 Å². The first-order valence-corrected chi connectivity index (χ1v) is 12.6. The van der Waals surface area contributed by atoms with E-state index in [9.17, 15) is 9.59 Å². The van der Waals surface area contributed by atoms with Gasteiger partial charge in [-0.05, 0) is 86.0 Å². The lowest BCUT2D eigenvalue weighted by atomic mass is 9.46. The molecule has 0 aliphatic heterocycles. The monoisotopic (exact) mass is 454 g/mol. The molecule has 6 atom stereocenters. The number of hydrogen-bond acceptors (Lipinski definition) is 6. The third-order valence-electron chi connectivity index (χ3n) is 9.03. The molecule has 0 amide bonds. The van der Waals surface area contributed by atoms with Crippen LogP contribution in [0.2, 0.25) is 0 Å². The second-order valence-electron chi connectivity index (χ2n) is 10.5. The molecule has 6 nitrogen and oxygen atoms in total. The van der Waals surface area contributed by atoms with E-state index in [4.69, 9.17) is 9.47 Å². The summed E-state index contributed by atoms with van der Waals surface area (Å²) in [4.78, 5) is 34.1. The van der Waals surface area contributed by atoms with Crippen LogP contribution in [0.25, 0.3) is 5.57 Å². The number of fused-ring (bicyclic) bond motifs is 3. The molecule has 3 aliphatic rings. The van der Waals surface area contributed by atoms with Gasteiger partial charge in [-0.3, -0.25) is 19.6 Å². The highest BCUT2D eigenvalue weighted by Gasteiger charge is 2.58. The maximum absolute atomic E-state index is 12.7. The minimum Gasteiger partial charge on any atom is -0.466 e. The number of rotatable bonds is 7. The van der Waals surface area contributed by atoms with E-state index < -0.39 is 0 Å². The predicted octanol–water partition coefficient (Wildman–Crippen LogP) is 5.24. The molecule has 3 aliphatic carbocycles. The third-order valence-corrected chi connectivity index (χ3v) is 9.03. The molecule has 0 spiro atoms. The highest BCUT2D eigenvalue weighted by atomic mass is 16.5. The summed E-state index contributed by atoms with van der Waals surface area (Å²) in [5.74, 6) is 1.28. The van der Waals surface area contributed by atoms with E-state index in [0.717, 1.165) is 37.8 Å². The van der Waals surface area contributed by atoms with Crippen molar-refractivity contribution in [2.75, 3.05) is 13.2 Å². The highest BCUT2D eigenvalue weighted by Crippen LogP contribution is 2.66. The molecular weight excluding hydrogens is 416 g/mol. The van der Waals surface area contributed by atoms with Crippen molar-refractivity contribution in [2.24, 2.45) is 34.5 Å².